The van der Waals surface area contributed by atoms with Crippen LogP contribution < -0.4 is 15.0 Å². The second-order valence-electron chi connectivity index (χ2n) is 5.16. The van der Waals surface area contributed by atoms with Gasteiger partial charge in [-0.2, -0.15) is 4.98 Å². The van der Waals surface area contributed by atoms with Gasteiger partial charge in [-0.15, -0.1) is 5.10 Å². The Hall–Kier alpha value is -2.08. The molecule has 2 N–H and O–H groups in total. The third-order valence-electron chi connectivity index (χ3n) is 3.92. The number of rotatable bonds is 2. The van der Waals surface area contributed by atoms with Crippen LogP contribution in [0.4, 0.5) is 5.95 Å². The fraction of sp³-hybridized carbons (Fsp3) is 0.429. The van der Waals surface area contributed by atoms with Crippen molar-refractivity contribution >= 4 is 5.95 Å². The molecule has 0 spiro atoms. The molecule has 1 saturated heterocycles. The Labute approximate surface area is 117 Å². The van der Waals surface area contributed by atoms with E-state index in [4.69, 9.17) is 4.74 Å². The average molecular weight is 271 g/mol. The van der Waals surface area contributed by atoms with Crippen molar-refractivity contribution in [1.29, 1.82) is 0 Å². The van der Waals surface area contributed by atoms with Crippen LogP contribution >= 0.6 is 0 Å². The number of benzene rings is 1. The minimum Gasteiger partial charge on any atom is -0.492 e. The summed E-state index contributed by atoms with van der Waals surface area (Å²) in [5.41, 5.74) is 1.19. The number of nitrogens with zero attached hydrogens (tertiary/aromatic N) is 3. The van der Waals surface area contributed by atoms with Crippen LogP contribution in [-0.4, -0.2) is 48.0 Å². The summed E-state index contributed by atoms with van der Waals surface area (Å²) in [6.07, 6.45) is 0. The van der Waals surface area contributed by atoms with Crippen LogP contribution in [0.25, 0.3) is 0 Å². The number of hydrogen-bond acceptors (Lipinski definition) is 5. The fourth-order valence-electron chi connectivity index (χ4n) is 2.82. The zero-order valence-corrected chi connectivity index (χ0v) is 11.2. The van der Waals surface area contributed by atoms with E-state index >= 15 is 0 Å². The van der Waals surface area contributed by atoms with Crippen molar-refractivity contribution in [2.75, 3.05) is 37.7 Å². The maximum Gasteiger partial charge on any atom is 0.244 e. The number of ether oxygens (including phenoxy) is 1. The van der Waals surface area contributed by atoms with Gasteiger partial charge in [-0.3, -0.25) is 5.10 Å². The SMILES string of the molecule is c1ccc2c(c1)OCC2c1nc(N2CCNCC2)n[nH]1. The van der Waals surface area contributed by atoms with Crippen LogP contribution in [0.15, 0.2) is 24.3 Å². The molecule has 0 aliphatic carbocycles. The van der Waals surface area contributed by atoms with Gasteiger partial charge < -0.3 is 15.0 Å². The number of para-hydroxylation sites is 1. The highest BCUT2D eigenvalue weighted by Gasteiger charge is 2.28. The Morgan fingerprint density at radius 2 is 2.05 bits per heavy atom. The summed E-state index contributed by atoms with van der Waals surface area (Å²) in [5.74, 6) is 2.81. The molecule has 1 atom stereocenters. The molecule has 1 aromatic carbocycles. The normalized spacial score (nSPS) is 21.6. The van der Waals surface area contributed by atoms with Crippen LogP contribution in [0.1, 0.15) is 17.3 Å². The first-order chi connectivity index (χ1) is 9.92. The topological polar surface area (TPSA) is 66.1 Å². The first kappa shape index (κ1) is 11.7. The van der Waals surface area contributed by atoms with Gasteiger partial charge in [-0.25, -0.2) is 0 Å². The Morgan fingerprint density at radius 1 is 1.20 bits per heavy atom. The number of aromatic amines is 1. The zero-order chi connectivity index (χ0) is 13.4. The molecule has 20 heavy (non-hydrogen) atoms. The second kappa shape index (κ2) is 4.79. The number of piperazine rings is 1. The molecule has 6 nitrogen and oxygen atoms in total. The molecule has 2 aliphatic heterocycles. The van der Waals surface area contributed by atoms with Gasteiger partial charge in [0.25, 0.3) is 0 Å². The molecule has 1 aromatic heterocycles. The minimum absolute atomic E-state index is 0.162. The van der Waals surface area contributed by atoms with E-state index in [0.29, 0.717) is 6.61 Å². The predicted molar refractivity (Wildman–Crippen MR) is 75.2 cm³/mol. The van der Waals surface area contributed by atoms with Crippen LogP contribution in [0, 0.1) is 0 Å². The number of anilines is 1. The van der Waals surface area contributed by atoms with Gasteiger partial charge in [0.1, 0.15) is 18.2 Å². The number of aromatic nitrogens is 3. The molecule has 0 radical (unpaired) electrons. The van der Waals surface area contributed by atoms with Crippen molar-refractivity contribution < 1.29 is 4.74 Å². The highest BCUT2D eigenvalue weighted by atomic mass is 16.5. The Bertz CT molecular complexity index is 605. The van der Waals surface area contributed by atoms with E-state index in [2.05, 4.69) is 31.5 Å². The summed E-state index contributed by atoms with van der Waals surface area (Å²) in [5, 5.41) is 10.8. The molecule has 1 unspecified atom stereocenters. The first-order valence-corrected chi connectivity index (χ1v) is 7.01. The van der Waals surface area contributed by atoms with E-state index in [1.165, 1.54) is 5.56 Å². The largest absolute Gasteiger partial charge is 0.492 e. The van der Waals surface area contributed by atoms with Crippen molar-refractivity contribution in [3.05, 3.63) is 35.7 Å². The second-order valence-corrected chi connectivity index (χ2v) is 5.16. The van der Waals surface area contributed by atoms with Gasteiger partial charge in [-0.05, 0) is 6.07 Å². The van der Waals surface area contributed by atoms with Gasteiger partial charge in [0.15, 0.2) is 0 Å². The summed E-state index contributed by atoms with van der Waals surface area (Å²) >= 11 is 0. The van der Waals surface area contributed by atoms with Crippen LogP contribution in [0.5, 0.6) is 5.75 Å². The van der Waals surface area contributed by atoms with Crippen molar-refractivity contribution in [3.8, 4) is 5.75 Å². The van der Waals surface area contributed by atoms with E-state index in [-0.39, 0.29) is 5.92 Å². The smallest absolute Gasteiger partial charge is 0.244 e. The van der Waals surface area contributed by atoms with E-state index in [1.807, 2.05) is 18.2 Å². The molecule has 3 heterocycles. The van der Waals surface area contributed by atoms with Gasteiger partial charge in [0.05, 0.1) is 5.92 Å². The van der Waals surface area contributed by atoms with Crippen molar-refractivity contribution in [2.45, 2.75) is 5.92 Å². The first-order valence-electron chi connectivity index (χ1n) is 7.01. The predicted octanol–water partition coefficient (Wildman–Crippen LogP) is 0.739. The molecule has 6 heteroatoms. The molecule has 0 bridgehead atoms. The highest BCUT2D eigenvalue weighted by molar-refractivity contribution is 5.43. The monoisotopic (exact) mass is 271 g/mol. The summed E-state index contributed by atoms with van der Waals surface area (Å²) in [6, 6.07) is 8.13. The van der Waals surface area contributed by atoms with E-state index in [0.717, 1.165) is 43.7 Å². The molecule has 2 aliphatic rings. The number of H-pyrrole nitrogens is 1. The molecular weight excluding hydrogens is 254 g/mol. The van der Waals surface area contributed by atoms with E-state index in [9.17, 15) is 0 Å². The molecule has 0 saturated carbocycles. The lowest BCUT2D eigenvalue weighted by Crippen LogP contribution is -2.44. The summed E-state index contributed by atoms with van der Waals surface area (Å²) < 4.78 is 5.71. The zero-order valence-electron chi connectivity index (χ0n) is 11.2. The molecule has 0 amide bonds. The van der Waals surface area contributed by atoms with Crippen LogP contribution in [0.3, 0.4) is 0 Å². The van der Waals surface area contributed by atoms with Crippen molar-refractivity contribution in [2.24, 2.45) is 0 Å². The standard InChI is InChI=1S/C14H17N5O/c1-2-4-12-10(3-1)11(9-20-12)13-16-14(18-17-13)19-7-5-15-6-8-19/h1-4,11,15H,5-9H2,(H,16,17,18). The van der Waals surface area contributed by atoms with Gasteiger partial charge >= 0.3 is 0 Å². The van der Waals surface area contributed by atoms with Gasteiger partial charge in [0, 0.05) is 31.7 Å². The average Bonchev–Trinajstić information content (AvgIpc) is 3.14. The molecule has 4 rings (SSSR count). The molecule has 1 fully saturated rings. The maximum atomic E-state index is 5.71. The molecule has 2 aromatic rings. The summed E-state index contributed by atoms with van der Waals surface area (Å²) in [7, 11) is 0. The summed E-state index contributed by atoms with van der Waals surface area (Å²) in [4.78, 5) is 6.87. The number of nitrogens with one attached hydrogen (secondary N) is 2. The highest BCUT2D eigenvalue weighted by Crippen LogP contribution is 2.36. The third kappa shape index (κ3) is 1.92. The Kier molecular flexibility index (Phi) is 2.81. The lowest BCUT2D eigenvalue weighted by Gasteiger charge is -2.25. The van der Waals surface area contributed by atoms with Crippen LogP contribution in [-0.2, 0) is 0 Å². The Balaban J connectivity index is 1.59. The summed E-state index contributed by atoms with van der Waals surface area (Å²) in [6.45, 7) is 4.51. The van der Waals surface area contributed by atoms with Crippen molar-refractivity contribution in [3.63, 3.8) is 0 Å². The lowest BCUT2D eigenvalue weighted by atomic mass is 10.0. The third-order valence-corrected chi connectivity index (χ3v) is 3.92. The van der Waals surface area contributed by atoms with Crippen LogP contribution in [0.2, 0.25) is 0 Å². The maximum absolute atomic E-state index is 5.71. The Morgan fingerprint density at radius 3 is 2.95 bits per heavy atom. The van der Waals surface area contributed by atoms with Crippen molar-refractivity contribution in [1.82, 2.24) is 20.5 Å². The van der Waals surface area contributed by atoms with E-state index in [1.54, 1.807) is 0 Å². The fourth-order valence-corrected chi connectivity index (χ4v) is 2.82. The number of fused-ring (bicyclic) bond motifs is 1. The van der Waals surface area contributed by atoms with Gasteiger partial charge in [0.2, 0.25) is 5.95 Å². The minimum atomic E-state index is 0.162. The quantitative estimate of drug-likeness (QED) is 0.843. The van der Waals surface area contributed by atoms with Gasteiger partial charge in [-0.1, -0.05) is 18.2 Å². The van der Waals surface area contributed by atoms with E-state index < -0.39 is 0 Å². The molecular formula is C14H17N5O. The number of hydrogen-bond donors (Lipinski definition) is 2. The lowest BCUT2D eigenvalue weighted by molar-refractivity contribution is 0.340. The molecule has 104 valence electrons.